The molecular formula is C37H37N5O5. The second kappa shape index (κ2) is 11.2. The fourth-order valence-electron chi connectivity index (χ4n) is 6.53. The summed E-state index contributed by atoms with van der Waals surface area (Å²) in [6.07, 6.45) is 2.41. The van der Waals surface area contributed by atoms with E-state index in [1.54, 1.807) is 0 Å². The number of fused-ring (bicyclic) bond motifs is 3. The molecular weight excluding hydrogens is 594 g/mol. The molecule has 7 rings (SSSR count). The second-order valence-corrected chi connectivity index (χ2v) is 13.0. The number of carboxylic acids is 1. The SMILES string of the molecule is Cc1nc2c(cc(-c3ccnc(-c4ccc5c(cnn5C)c4)c3)n2C)c(-c2ccc3c(c2C)OCCO3)c1[C@H](OC(C)(C)C)C(=O)O. The van der Waals surface area contributed by atoms with Crippen LogP contribution < -0.4 is 9.47 Å². The number of carbonyl (C=O) groups is 1. The molecule has 1 aliphatic rings. The van der Waals surface area contributed by atoms with Crippen molar-refractivity contribution in [3.63, 3.8) is 0 Å². The van der Waals surface area contributed by atoms with Gasteiger partial charge in [0.15, 0.2) is 17.6 Å². The molecule has 10 heteroatoms. The van der Waals surface area contributed by atoms with Crippen LogP contribution in [0.15, 0.2) is 60.9 Å². The Balaban J connectivity index is 1.46. The second-order valence-electron chi connectivity index (χ2n) is 13.0. The molecule has 1 N–H and O–H groups in total. The number of rotatable bonds is 6. The third-order valence-corrected chi connectivity index (χ3v) is 8.69. The summed E-state index contributed by atoms with van der Waals surface area (Å²) in [5.41, 5.74) is 8.25. The number of aryl methyl sites for hydroxylation is 3. The van der Waals surface area contributed by atoms with Gasteiger partial charge in [-0.15, -0.1) is 0 Å². The van der Waals surface area contributed by atoms with E-state index in [1.807, 2.05) is 88.6 Å². The predicted molar refractivity (Wildman–Crippen MR) is 181 cm³/mol. The number of benzene rings is 2. The monoisotopic (exact) mass is 631 g/mol. The average molecular weight is 632 g/mol. The number of pyridine rings is 2. The van der Waals surface area contributed by atoms with Gasteiger partial charge >= 0.3 is 5.97 Å². The highest BCUT2D eigenvalue weighted by atomic mass is 16.6. The molecule has 1 atom stereocenters. The van der Waals surface area contributed by atoms with Crippen LogP contribution >= 0.6 is 0 Å². The van der Waals surface area contributed by atoms with E-state index in [0.717, 1.165) is 61.1 Å². The van der Waals surface area contributed by atoms with Crippen LogP contribution in [0, 0.1) is 13.8 Å². The normalized spacial score (nSPS) is 13.8. The Morgan fingerprint density at radius 2 is 1.79 bits per heavy atom. The summed E-state index contributed by atoms with van der Waals surface area (Å²) in [5.74, 6) is 0.247. The van der Waals surface area contributed by atoms with Crippen LogP contribution in [-0.4, -0.2) is 54.2 Å². The van der Waals surface area contributed by atoms with Crippen molar-refractivity contribution in [2.75, 3.05) is 13.2 Å². The molecule has 0 radical (unpaired) electrons. The van der Waals surface area contributed by atoms with Crippen LogP contribution in [0.3, 0.4) is 0 Å². The molecule has 0 amide bonds. The van der Waals surface area contributed by atoms with E-state index in [9.17, 15) is 9.90 Å². The van der Waals surface area contributed by atoms with E-state index in [4.69, 9.17) is 24.2 Å². The summed E-state index contributed by atoms with van der Waals surface area (Å²) in [7, 11) is 3.91. The van der Waals surface area contributed by atoms with Gasteiger partial charge in [-0.2, -0.15) is 5.10 Å². The highest BCUT2D eigenvalue weighted by Gasteiger charge is 2.34. The minimum atomic E-state index is -1.26. The highest BCUT2D eigenvalue weighted by molar-refractivity contribution is 6.01. The smallest absolute Gasteiger partial charge is 0.337 e. The molecule has 0 aliphatic carbocycles. The van der Waals surface area contributed by atoms with E-state index < -0.39 is 17.7 Å². The number of carboxylic acid groups (broad SMARTS) is 1. The van der Waals surface area contributed by atoms with E-state index in [2.05, 4.69) is 35.4 Å². The van der Waals surface area contributed by atoms with Crippen LogP contribution in [0.5, 0.6) is 11.5 Å². The van der Waals surface area contributed by atoms with Crippen molar-refractivity contribution in [2.45, 2.75) is 46.3 Å². The molecule has 0 bridgehead atoms. The molecule has 0 saturated carbocycles. The maximum Gasteiger partial charge on any atom is 0.337 e. The zero-order valence-electron chi connectivity index (χ0n) is 27.6. The van der Waals surface area contributed by atoms with E-state index in [0.29, 0.717) is 36.0 Å². The molecule has 1 aliphatic heterocycles. The van der Waals surface area contributed by atoms with Crippen LogP contribution in [0.1, 0.15) is 43.7 Å². The minimum absolute atomic E-state index is 0.438. The summed E-state index contributed by atoms with van der Waals surface area (Å²) >= 11 is 0. The van der Waals surface area contributed by atoms with Gasteiger partial charge in [-0.3, -0.25) is 9.67 Å². The van der Waals surface area contributed by atoms with Crippen molar-refractivity contribution in [3.8, 4) is 45.1 Å². The van der Waals surface area contributed by atoms with Crippen LogP contribution in [0.25, 0.3) is 55.6 Å². The Morgan fingerprint density at radius 1 is 1.00 bits per heavy atom. The highest BCUT2D eigenvalue weighted by Crippen LogP contribution is 2.46. The Morgan fingerprint density at radius 3 is 2.55 bits per heavy atom. The van der Waals surface area contributed by atoms with Crippen LogP contribution in [0.4, 0.5) is 0 Å². The zero-order valence-corrected chi connectivity index (χ0v) is 27.6. The number of aliphatic carboxylic acids is 1. The number of nitrogens with zero attached hydrogens (tertiary/aromatic N) is 5. The summed E-state index contributed by atoms with van der Waals surface area (Å²) in [6, 6.07) is 16.2. The zero-order chi connectivity index (χ0) is 33.2. The van der Waals surface area contributed by atoms with Gasteiger partial charge in [-0.25, -0.2) is 9.78 Å². The third-order valence-electron chi connectivity index (χ3n) is 8.69. The number of ether oxygens (including phenoxy) is 3. The lowest BCUT2D eigenvalue weighted by molar-refractivity contribution is -0.160. The molecule has 2 aromatic carbocycles. The molecule has 0 unspecified atom stereocenters. The summed E-state index contributed by atoms with van der Waals surface area (Å²) in [4.78, 5) is 22.6. The van der Waals surface area contributed by atoms with Gasteiger partial charge in [0.1, 0.15) is 18.9 Å². The standard InChI is InChI=1S/C37H37N5O5/c1-20-25(9-11-30-33(20)46-15-14-45-30)32-26-18-29(41(6)35(26)40-21(2)31(32)34(36(43)44)47-37(3,4)5)23-12-13-38-27(17-23)22-8-10-28-24(16-22)19-39-42(28)7/h8-13,16-19,34H,14-15H2,1-7H3,(H,43,44)/t34-/m0/s1. The molecule has 6 aromatic rings. The number of hydrogen-bond acceptors (Lipinski definition) is 7. The number of hydrogen-bond donors (Lipinski definition) is 1. The average Bonchev–Trinajstić information content (AvgIpc) is 3.58. The van der Waals surface area contributed by atoms with Gasteiger partial charge in [0.25, 0.3) is 0 Å². The Hall–Kier alpha value is -5.22. The van der Waals surface area contributed by atoms with Crippen molar-refractivity contribution >= 4 is 27.9 Å². The Bertz CT molecular complexity index is 2210. The predicted octanol–water partition coefficient (Wildman–Crippen LogP) is 7.18. The van der Waals surface area contributed by atoms with Crippen molar-refractivity contribution in [1.29, 1.82) is 0 Å². The summed E-state index contributed by atoms with van der Waals surface area (Å²) in [5, 5.41) is 16.8. The quantitative estimate of drug-likeness (QED) is 0.206. The first kappa shape index (κ1) is 30.4. The molecule has 47 heavy (non-hydrogen) atoms. The van der Waals surface area contributed by atoms with Gasteiger partial charge in [-0.05, 0) is 76.6 Å². The van der Waals surface area contributed by atoms with Gasteiger partial charge in [-0.1, -0.05) is 12.1 Å². The van der Waals surface area contributed by atoms with Crippen molar-refractivity contribution in [3.05, 3.63) is 77.7 Å². The molecule has 10 nitrogen and oxygen atoms in total. The van der Waals surface area contributed by atoms with Crippen molar-refractivity contribution in [1.82, 2.24) is 24.3 Å². The Kier molecular flexibility index (Phi) is 7.28. The van der Waals surface area contributed by atoms with Crippen LogP contribution in [-0.2, 0) is 23.6 Å². The van der Waals surface area contributed by atoms with Gasteiger partial charge < -0.3 is 23.9 Å². The van der Waals surface area contributed by atoms with Gasteiger partial charge in [0, 0.05) is 64.6 Å². The fraction of sp³-hybridized carbons (Fsp3) is 0.297. The lowest BCUT2D eigenvalue weighted by Gasteiger charge is -2.28. The topological polar surface area (TPSA) is 114 Å². The summed E-state index contributed by atoms with van der Waals surface area (Å²) in [6.45, 7) is 10.3. The van der Waals surface area contributed by atoms with Crippen LogP contribution in [0.2, 0.25) is 0 Å². The van der Waals surface area contributed by atoms with Gasteiger partial charge in [0.2, 0.25) is 0 Å². The molecule has 0 spiro atoms. The minimum Gasteiger partial charge on any atom is -0.486 e. The van der Waals surface area contributed by atoms with E-state index in [-0.39, 0.29) is 0 Å². The van der Waals surface area contributed by atoms with Crippen molar-refractivity contribution in [2.24, 2.45) is 14.1 Å². The van der Waals surface area contributed by atoms with Crippen molar-refractivity contribution < 1.29 is 24.1 Å². The molecule has 0 saturated heterocycles. The largest absolute Gasteiger partial charge is 0.486 e. The maximum atomic E-state index is 12.9. The first-order valence-corrected chi connectivity index (χ1v) is 15.6. The molecule has 240 valence electrons. The van der Waals surface area contributed by atoms with E-state index >= 15 is 0 Å². The molecule has 5 heterocycles. The Labute approximate surface area is 272 Å². The number of aromatic nitrogens is 5. The van der Waals surface area contributed by atoms with Gasteiger partial charge in [0.05, 0.1) is 28.7 Å². The molecule has 4 aromatic heterocycles. The maximum absolute atomic E-state index is 12.9. The molecule has 0 fully saturated rings. The lowest BCUT2D eigenvalue weighted by Crippen LogP contribution is -2.28. The fourth-order valence-corrected chi connectivity index (χ4v) is 6.53. The first-order chi connectivity index (χ1) is 22.4. The summed E-state index contributed by atoms with van der Waals surface area (Å²) < 4.78 is 22.1. The first-order valence-electron chi connectivity index (χ1n) is 15.6. The lowest BCUT2D eigenvalue weighted by atomic mass is 9.89. The van der Waals surface area contributed by atoms with E-state index in [1.165, 1.54) is 0 Å². The third kappa shape index (κ3) is 5.28.